The second kappa shape index (κ2) is 11.8. The average Bonchev–Trinajstić information content (AvgIpc) is 3.08. The summed E-state index contributed by atoms with van der Waals surface area (Å²) in [6.45, 7) is 0. The zero-order chi connectivity index (χ0) is 28.1. The van der Waals surface area contributed by atoms with Crippen molar-refractivity contribution in [2.75, 3.05) is 5.32 Å². The summed E-state index contributed by atoms with van der Waals surface area (Å²) in [5, 5.41) is 8.21. The molecular formula is C31H25F2N3O4. The van der Waals surface area contributed by atoms with Gasteiger partial charge in [0, 0.05) is 6.07 Å². The number of rotatable bonds is 7. The van der Waals surface area contributed by atoms with E-state index in [1.165, 1.54) is 0 Å². The summed E-state index contributed by atoms with van der Waals surface area (Å²) < 4.78 is 33.5. The lowest BCUT2D eigenvalue weighted by Crippen LogP contribution is -2.51. The maximum absolute atomic E-state index is 13.7. The van der Waals surface area contributed by atoms with Crippen molar-refractivity contribution in [2.45, 2.75) is 24.6 Å². The highest BCUT2D eigenvalue weighted by atomic mass is 19.1. The number of halogens is 2. The normalized spacial score (nSPS) is 16.9. The number of para-hydroxylation sites is 2. The Labute approximate surface area is 229 Å². The Morgan fingerprint density at radius 3 is 2.17 bits per heavy atom. The lowest BCUT2D eigenvalue weighted by molar-refractivity contribution is -0.132. The maximum Gasteiger partial charge on any atom is 0.251 e. The summed E-state index contributed by atoms with van der Waals surface area (Å²) in [5.74, 6) is -2.99. The highest BCUT2D eigenvalue weighted by Crippen LogP contribution is 2.34. The van der Waals surface area contributed by atoms with Crippen molar-refractivity contribution in [3.63, 3.8) is 0 Å². The smallest absolute Gasteiger partial charge is 0.251 e. The van der Waals surface area contributed by atoms with Gasteiger partial charge in [-0.2, -0.15) is 0 Å². The Morgan fingerprint density at radius 1 is 0.850 bits per heavy atom. The van der Waals surface area contributed by atoms with E-state index in [1.807, 2.05) is 6.07 Å². The first-order valence-electron chi connectivity index (χ1n) is 12.6. The van der Waals surface area contributed by atoms with Crippen LogP contribution in [0.1, 0.15) is 28.8 Å². The number of nitrogens with one attached hydrogen (secondary N) is 3. The van der Waals surface area contributed by atoms with E-state index in [0.717, 1.165) is 12.1 Å². The molecule has 0 bridgehead atoms. The summed E-state index contributed by atoms with van der Waals surface area (Å²) >= 11 is 0. The third kappa shape index (κ3) is 6.15. The van der Waals surface area contributed by atoms with Crippen LogP contribution in [0.4, 0.5) is 14.5 Å². The van der Waals surface area contributed by atoms with Gasteiger partial charge in [-0.1, -0.05) is 72.8 Å². The Bertz CT molecular complexity index is 1510. The summed E-state index contributed by atoms with van der Waals surface area (Å²) in [7, 11) is 0. The zero-order valence-corrected chi connectivity index (χ0v) is 21.1. The molecule has 40 heavy (non-hydrogen) atoms. The fourth-order valence-corrected chi connectivity index (χ4v) is 4.56. The quantitative estimate of drug-likeness (QED) is 0.318. The molecule has 5 rings (SSSR count). The van der Waals surface area contributed by atoms with Gasteiger partial charge in [0.2, 0.25) is 11.8 Å². The largest absolute Gasteiger partial charge is 0.481 e. The number of carbonyl (C=O) groups is 3. The van der Waals surface area contributed by atoms with Crippen LogP contribution in [0.25, 0.3) is 0 Å². The minimum Gasteiger partial charge on any atom is -0.481 e. The minimum atomic E-state index is -1.21. The maximum atomic E-state index is 13.7. The third-order valence-electron chi connectivity index (χ3n) is 6.40. The standard InChI is InChI=1S/C31H25F2N3O4/c32-22-15-19(16-23(33)18-22)17-26(37)35-27(20-9-3-1-4-10-20)30(38)36-28-29(21-11-5-2-6-12-21)40-25-14-8-7-13-24(25)34-31(28)39/h1-16,18,27-29H,17H2,(H,34,39)(H,35,37)(H,36,38)/t27-,28+,29+/m0/s1. The number of benzene rings is 4. The number of ether oxygens (including phenoxy) is 1. The van der Waals surface area contributed by atoms with E-state index in [1.54, 1.807) is 78.9 Å². The van der Waals surface area contributed by atoms with E-state index in [9.17, 15) is 23.2 Å². The molecule has 202 valence electrons. The summed E-state index contributed by atoms with van der Waals surface area (Å²) in [6, 6.07) is 24.9. The monoisotopic (exact) mass is 541 g/mol. The van der Waals surface area contributed by atoms with Gasteiger partial charge in [0.05, 0.1) is 12.1 Å². The first kappa shape index (κ1) is 26.6. The molecule has 0 saturated carbocycles. The molecule has 3 N–H and O–H groups in total. The Morgan fingerprint density at radius 2 is 1.48 bits per heavy atom. The highest BCUT2D eigenvalue weighted by Gasteiger charge is 2.38. The molecule has 1 aliphatic rings. The lowest BCUT2D eigenvalue weighted by atomic mass is 9.99. The molecule has 4 aromatic carbocycles. The molecule has 1 aliphatic heterocycles. The van der Waals surface area contributed by atoms with Crippen LogP contribution < -0.4 is 20.7 Å². The van der Waals surface area contributed by atoms with Gasteiger partial charge in [0.1, 0.15) is 29.5 Å². The Balaban J connectivity index is 1.42. The second-order valence-electron chi connectivity index (χ2n) is 9.29. The van der Waals surface area contributed by atoms with Crippen molar-refractivity contribution in [3.05, 3.63) is 131 Å². The van der Waals surface area contributed by atoms with Crippen LogP contribution in [-0.2, 0) is 20.8 Å². The Hall–Kier alpha value is -5.05. The van der Waals surface area contributed by atoms with Crippen LogP contribution in [0, 0.1) is 11.6 Å². The topological polar surface area (TPSA) is 96.5 Å². The molecule has 0 spiro atoms. The van der Waals surface area contributed by atoms with Crippen molar-refractivity contribution in [1.82, 2.24) is 10.6 Å². The number of hydrogen-bond donors (Lipinski definition) is 3. The molecule has 0 aliphatic carbocycles. The molecule has 0 radical (unpaired) electrons. The zero-order valence-electron chi connectivity index (χ0n) is 21.1. The van der Waals surface area contributed by atoms with Gasteiger partial charge in [-0.3, -0.25) is 14.4 Å². The molecule has 3 atom stereocenters. The van der Waals surface area contributed by atoms with Crippen molar-refractivity contribution in [2.24, 2.45) is 0 Å². The van der Waals surface area contributed by atoms with Crippen LogP contribution in [-0.4, -0.2) is 23.8 Å². The molecule has 7 nitrogen and oxygen atoms in total. The number of hydrogen-bond acceptors (Lipinski definition) is 4. The highest BCUT2D eigenvalue weighted by molar-refractivity contribution is 6.00. The van der Waals surface area contributed by atoms with Crippen LogP contribution in [0.5, 0.6) is 5.75 Å². The van der Waals surface area contributed by atoms with Crippen LogP contribution >= 0.6 is 0 Å². The summed E-state index contributed by atoms with van der Waals surface area (Å²) in [4.78, 5) is 40.1. The average molecular weight is 542 g/mol. The predicted octanol–water partition coefficient (Wildman–Crippen LogP) is 4.62. The first-order chi connectivity index (χ1) is 19.4. The fourth-order valence-electron chi connectivity index (χ4n) is 4.56. The fraction of sp³-hybridized carbons (Fsp3) is 0.129. The summed E-state index contributed by atoms with van der Waals surface area (Å²) in [6.07, 6.45) is -1.24. The molecule has 3 amide bonds. The molecule has 0 aromatic heterocycles. The number of fused-ring (bicyclic) bond motifs is 1. The SMILES string of the molecule is O=C(Cc1cc(F)cc(F)c1)N[C@H](C(=O)N[C@H]1C(=O)Nc2ccccc2O[C@@H]1c1ccccc1)c1ccccc1. The van der Waals surface area contributed by atoms with Crippen LogP contribution in [0.2, 0.25) is 0 Å². The van der Waals surface area contributed by atoms with Gasteiger partial charge in [-0.15, -0.1) is 0 Å². The molecule has 0 unspecified atom stereocenters. The third-order valence-corrected chi connectivity index (χ3v) is 6.40. The number of anilines is 1. The van der Waals surface area contributed by atoms with Crippen LogP contribution in [0.3, 0.4) is 0 Å². The lowest BCUT2D eigenvalue weighted by Gasteiger charge is -2.27. The molecule has 0 fully saturated rings. The van der Waals surface area contributed by atoms with E-state index < -0.39 is 47.5 Å². The van der Waals surface area contributed by atoms with Gasteiger partial charge in [0.25, 0.3) is 5.91 Å². The van der Waals surface area contributed by atoms with Crippen molar-refractivity contribution < 1.29 is 27.9 Å². The van der Waals surface area contributed by atoms with E-state index >= 15 is 0 Å². The molecule has 1 heterocycles. The molecule has 9 heteroatoms. The van der Waals surface area contributed by atoms with Crippen LogP contribution in [0.15, 0.2) is 103 Å². The predicted molar refractivity (Wildman–Crippen MR) is 144 cm³/mol. The van der Waals surface area contributed by atoms with E-state index in [4.69, 9.17) is 4.74 Å². The van der Waals surface area contributed by atoms with E-state index in [-0.39, 0.29) is 12.0 Å². The first-order valence-corrected chi connectivity index (χ1v) is 12.6. The van der Waals surface area contributed by atoms with Gasteiger partial charge >= 0.3 is 0 Å². The molecular weight excluding hydrogens is 516 g/mol. The minimum absolute atomic E-state index is 0.112. The number of carbonyl (C=O) groups excluding carboxylic acids is 3. The van der Waals surface area contributed by atoms with Gasteiger partial charge in [-0.05, 0) is 41.0 Å². The van der Waals surface area contributed by atoms with Gasteiger partial charge in [0.15, 0.2) is 6.10 Å². The van der Waals surface area contributed by atoms with E-state index in [0.29, 0.717) is 28.6 Å². The van der Waals surface area contributed by atoms with Gasteiger partial charge in [-0.25, -0.2) is 8.78 Å². The van der Waals surface area contributed by atoms with Gasteiger partial charge < -0.3 is 20.7 Å². The number of amides is 3. The molecule has 4 aromatic rings. The Kier molecular flexibility index (Phi) is 7.82. The summed E-state index contributed by atoms with van der Waals surface area (Å²) in [5.41, 5.74) is 1.68. The second-order valence-corrected chi connectivity index (χ2v) is 9.29. The molecule has 0 saturated heterocycles. The van der Waals surface area contributed by atoms with E-state index in [2.05, 4.69) is 16.0 Å². The van der Waals surface area contributed by atoms with Crippen molar-refractivity contribution in [3.8, 4) is 5.75 Å². The van der Waals surface area contributed by atoms with Crippen molar-refractivity contribution >= 4 is 23.4 Å². The van der Waals surface area contributed by atoms with Crippen molar-refractivity contribution in [1.29, 1.82) is 0 Å².